The van der Waals surface area contributed by atoms with Gasteiger partial charge < -0.3 is 5.32 Å². The summed E-state index contributed by atoms with van der Waals surface area (Å²) in [5.41, 5.74) is 0. The first-order chi connectivity index (χ1) is 5.02. The molecule has 0 aromatic carbocycles. The quantitative estimate of drug-likeness (QED) is 0.454. The Balaban J connectivity index is 3.90. The molecule has 5 nitrogen and oxygen atoms in total. The predicted molar refractivity (Wildman–Crippen MR) is 39.1 cm³/mol. The van der Waals surface area contributed by atoms with E-state index in [9.17, 15) is 13.2 Å². The van der Waals surface area contributed by atoms with Gasteiger partial charge in [0.15, 0.2) is 0 Å². The largest absolute Gasteiger partial charge is 0.336 e. The molecule has 0 heterocycles. The van der Waals surface area contributed by atoms with E-state index in [0.717, 1.165) is 13.2 Å². The molecule has 0 bridgehead atoms. The van der Waals surface area contributed by atoms with Crippen LogP contribution in [0, 0.1) is 0 Å². The molecular formula is C5H9NO4S. The summed E-state index contributed by atoms with van der Waals surface area (Å²) in [4.78, 5) is 10.4. The van der Waals surface area contributed by atoms with E-state index in [2.05, 4.69) is 16.1 Å². The summed E-state index contributed by atoms with van der Waals surface area (Å²) in [5, 5.41) is 2.05. The van der Waals surface area contributed by atoms with Crippen molar-refractivity contribution >= 4 is 16.0 Å². The number of hydrogen-bond donors (Lipinski definition) is 1. The van der Waals surface area contributed by atoms with Crippen molar-refractivity contribution in [1.29, 1.82) is 0 Å². The molecule has 64 valence electrons. The molecule has 0 aliphatic heterocycles. The monoisotopic (exact) mass is 179 g/mol. The van der Waals surface area contributed by atoms with Gasteiger partial charge >= 0.3 is 0 Å². The minimum atomic E-state index is -3.60. The topological polar surface area (TPSA) is 72.5 Å². The van der Waals surface area contributed by atoms with Crippen LogP contribution in [0.5, 0.6) is 0 Å². The third kappa shape index (κ3) is 4.51. The molecule has 0 fully saturated rings. The first kappa shape index (κ1) is 10.1. The van der Waals surface area contributed by atoms with E-state index < -0.39 is 21.9 Å². The fraction of sp³-hybridized carbons (Fsp3) is 0.400. The minimum Gasteiger partial charge on any atom is -0.336 e. The van der Waals surface area contributed by atoms with Gasteiger partial charge in [-0.15, -0.1) is 0 Å². The summed E-state index contributed by atoms with van der Waals surface area (Å²) in [6.45, 7) is 3.14. The lowest BCUT2D eigenvalue weighted by Crippen LogP contribution is -2.28. The highest BCUT2D eigenvalue weighted by Gasteiger charge is 2.08. The number of carbonyl (C=O) groups excluding carboxylic acids is 1. The number of amides is 1. The predicted octanol–water partition coefficient (Wildman–Crippen LogP) is -0.778. The highest BCUT2D eigenvalue weighted by molar-refractivity contribution is 7.86. The minimum absolute atomic E-state index is 0.533. The average molecular weight is 179 g/mol. The Morgan fingerprint density at radius 2 is 2.27 bits per heavy atom. The second kappa shape index (κ2) is 4.09. The molecule has 0 saturated carbocycles. The third-order valence-electron chi connectivity index (χ3n) is 0.863. The second-order valence-electron chi connectivity index (χ2n) is 1.61. The lowest BCUT2D eigenvalue weighted by Gasteiger charge is -2.00. The van der Waals surface area contributed by atoms with Crippen LogP contribution >= 0.6 is 0 Å². The summed E-state index contributed by atoms with van der Waals surface area (Å²) in [5.74, 6) is -1.08. The van der Waals surface area contributed by atoms with Gasteiger partial charge in [0.2, 0.25) is 5.91 Å². The maximum atomic E-state index is 10.5. The highest BCUT2D eigenvalue weighted by Crippen LogP contribution is 1.85. The molecule has 6 heteroatoms. The van der Waals surface area contributed by atoms with Gasteiger partial charge in [0.05, 0.1) is 7.11 Å². The van der Waals surface area contributed by atoms with Gasteiger partial charge in [-0.05, 0) is 6.08 Å². The summed E-state index contributed by atoms with van der Waals surface area (Å²) in [6, 6.07) is 0. The molecule has 11 heavy (non-hydrogen) atoms. The van der Waals surface area contributed by atoms with E-state index in [1.807, 2.05) is 0 Å². The van der Waals surface area contributed by atoms with Gasteiger partial charge in [0.25, 0.3) is 10.1 Å². The van der Waals surface area contributed by atoms with Crippen molar-refractivity contribution in [1.82, 2.24) is 5.32 Å². The van der Waals surface area contributed by atoms with Gasteiger partial charge in [0, 0.05) is 0 Å². The normalized spacial score (nSPS) is 10.6. The van der Waals surface area contributed by atoms with Crippen LogP contribution in [0.15, 0.2) is 12.7 Å². The molecule has 0 spiro atoms. The Kier molecular flexibility index (Phi) is 3.77. The SMILES string of the molecule is C=CC(=O)NCS(=O)(=O)OC. The van der Waals surface area contributed by atoms with Crippen molar-refractivity contribution < 1.29 is 17.4 Å². The highest BCUT2D eigenvalue weighted by atomic mass is 32.2. The van der Waals surface area contributed by atoms with Crippen molar-refractivity contribution in [2.45, 2.75) is 0 Å². The van der Waals surface area contributed by atoms with Crippen LogP contribution in [-0.4, -0.2) is 27.3 Å². The van der Waals surface area contributed by atoms with E-state index in [-0.39, 0.29) is 0 Å². The molecule has 0 aromatic rings. The van der Waals surface area contributed by atoms with Gasteiger partial charge in [-0.3, -0.25) is 8.98 Å². The Morgan fingerprint density at radius 1 is 1.73 bits per heavy atom. The van der Waals surface area contributed by atoms with Crippen molar-refractivity contribution in [2.75, 3.05) is 13.0 Å². The summed E-state index contributed by atoms with van der Waals surface area (Å²) in [7, 11) is -2.58. The second-order valence-corrected chi connectivity index (χ2v) is 3.35. The zero-order valence-corrected chi connectivity index (χ0v) is 6.85. The van der Waals surface area contributed by atoms with Crippen LogP contribution in [0.25, 0.3) is 0 Å². The average Bonchev–Trinajstić information content (AvgIpc) is 2.00. The number of hydrogen-bond acceptors (Lipinski definition) is 4. The summed E-state index contributed by atoms with van der Waals surface area (Å²) < 4.78 is 25.2. The zero-order chi connectivity index (χ0) is 8.91. The lowest BCUT2D eigenvalue weighted by atomic mass is 10.6. The fourth-order valence-electron chi connectivity index (χ4n) is 0.291. The Bertz CT molecular complexity index is 243. The zero-order valence-electron chi connectivity index (χ0n) is 6.03. The van der Waals surface area contributed by atoms with Crippen molar-refractivity contribution in [3.8, 4) is 0 Å². The van der Waals surface area contributed by atoms with Crippen molar-refractivity contribution in [3.63, 3.8) is 0 Å². The van der Waals surface area contributed by atoms with E-state index >= 15 is 0 Å². The van der Waals surface area contributed by atoms with E-state index in [1.54, 1.807) is 0 Å². The van der Waals surface area contributed by atoms with Crippen molar-refractivity contribution in [3.05, 3.63) is 12.7 Å². The standard InChI is InChI=1S/C5H9NO4S/c1-3-5(7)6-4-11(8,9)10-2/h3H,1,4H2,2H3,(H,6,7). The smallest absolute Gasteiger partial charge is 0.285 e. The number of rotatable bonds is 4. The Morgan fingerprint density at radius 3 is 2.64 bits per heavy atom. The maximum absolute atomic E-state index is 10.5. The molecule has 1 amide bonds. The first-order valence-corrected chi connectivity index (χ1v) is 4.28. The van der Waals surface area contributed by atoms with Crippen LogP contribution in [0.2, 0.25) is 0 Å². The maximum Gasteiger partial charge on any atom is 0.285 e. The lowest BCUT2D eigenvalue weighted by molar-refractivity contribution is -0.116. The molecule has 0 aliphatic carbocycles. The van der Waals surface area contributed by atoms with Crippen LogP contribution in [0.3, 0.4) is 0 Å². The summed E-state index contributed by atoms with van der Waals surface area (Å²) >= 11 is 0. The number of nitrogens with one attached hydrogen (secondary N) is 1. The molecule has 0 aliphatic rings. The van der Waals surface area contributed by atoms with Gasteiger partial charge in [0.1, 0.15) is 5.88 Å². The first-order valence-electron chi connectivity index (χ1n) is 2.70. The Labute approximate surface area is 65.2 Å². The molecule has 0 saturated heterocycles. The van der Waals surface area contributed by atoms with E-state index in [1.165, 1.54) is 0 Å². The van der Waals surface area contributed by atoms with E-state index in [0.29, 0.717) is 0 Å². The molecule has 0 radical (unpaired) electrons. The molecular weight excluding hydrogens is 170 g/mol. The fourth-order valence-corrected chi connectivity index (χ4v) is 0.727. The molecule has 0 atom stereocenters. The Hall–Kier alpha value is -0.880. The molecule has 0 rings (SSSR count). The van der Waals surface area contributed by atoms with Crippen LogP contribution in [0.1, 0.15) is 0 Å². The van der Waals surface area contributed by atoms with Gasteiger partial charge in [-0.25, -0.2) is 0 Å². The van der Waals surface area contributed by atoms with E-state index in [4.69, 9.17) is 0 Å². The molecule has 0 unspecified atom stereocenters. The number of carbonyl (C=O) groups is 1. The molecule has 1 N–H and O–H groups in total. The van der Waals surface area contributed by atoms with Crippen LogP contribution in [0.4, 0.5) is 0 Å². The van der Waals surface area contributed by atoms with Crippen LogP contribution in [-0.2, 0) is 19.1 Å². The van der Waals surface area contributed by atoms with Crippen LogP contribution < -0.4 is 5.32 Å². The van der Waals surface area contributed by atoms with Gasteiger partial charge in [-0.2, -0.15) is 8.42 Å². The summed E-state index contributed by atoms with van der Waals surface area (Å²) in [6.07, 6.45) is 0.977. The third-order valence-corrected chi connectivity index (χ3v) is 1.87. The molecule has 0 aromatic heterocycles. The van der Waals surface area contributed by atoms with Gasteiger partial charge in [-0.1, -0.05) is 6.58 Å². The van der Waals surface area contributed by atoms with Crippen molar-refractivity contribution in [2.24, 2.45) is 0 Å².